The van der Waals surface area contributed by atoms with E-state index in [0.29, 0.717) is 11.5 Å². The Labute approximate surface area is 139 Å². The number of fused-ring (bicyclic) bond motifs is 1. The summed E-state index contributed by atoms with van der Waals surface area (Å²) >= 11 is 0. The molecule has 0 aliphatic heterocycles. The van der Waals surface area contributed by atoms with Gasteiger partial charge in [0.05, 0.1) is 18.1 Å². The Hall–Kier alpha value is -2.93. The smallest absolute Gasteiger partial charge is 0.265 e. The van der Waals surface area contributed by atoms with Crippen molar-refractivity contribution in [2.75, 3.05) is 0 Å². The van der Waals surface area contributed by atoms with Crippen molar-refractivity contribution in [2.45, 2.75) is 20.4 Å². The summed E-state index contributed by atoms with van der Waals surface area (Å²) in [5.41, 5.74) is 3.23. The maximum Gasteiger partial charge on any atom is 0.265 e. The maximum atomic E-state index is 11.2. The fourth-order valence-electron chi connectivity index (χ4n) is 2.30. The van der Waals surface area contributed by atoms with Gasteiger partial charge in [-0.15, -0.1) is 0 Å². The summed E-state index contributed by atoms with van der Waals surface area (Å²) in [4.78, 5) is 15.5. The lowest BCUT2D eigenvalue weighted by atomic mass is 9.93. The van der Waals surface area contributed by atoms with Crippen LogP contribution in [0.2, 0.25) is 0 Å². The summed E-state index contributed by atoms with van der Waals surface area (Å²) < 4.78 is 7.27. The van der Waals surface area contributed by atoms with Crippen LogP contribution in [0.5, 0.6) is 11.5 Å². The molecule has 0 saturated heterocycles. The molecule has 2 heterocycles. The van der Waals surface area contributed by atoms with Crippen molar-refractivity contribution >= 4 is 18.1 Å². The second kappa shape index (κ2) is 6.29. The summed E-state index contributed by atoms with van der Waals surface area (Å²) in [6.07, 6.45) is 13.0. The maximum absolute atomic E-state index is 11.2. The van der Waals surface area contributed by atoms with Crippen LogP contribution in [0.15, 0.2) is 36.8 Å². The molecule has 3 rings (SSSR count). The number of hydrogen-bond acceptors (Lipinski definition) is 5. The normalized spacial score (nSPS) is 14.8. The first kappa shape index (κ1) is 15.9. The number of carbonyl (C=O) groups excluding carboxylic acids is 1. The highest BCUT2D eigenvalue weighted by molar-refractivity contribution is 5.74. The topological polar surface area (TPSA) is 89.3 Å². The number of nitrogens with one attached hydrogen (secondary N) is 1. The summed E-state index contributed by atoms with van der Waals surface area (Å²) in [6, 6.07) is 1.78. The van der Waals surface area contributed by atoms with E-state index in [1.54, 1.807) is 23.9 Å². The van der Waals surface area contributed by atoms with Crippen molar-refractivity contribution in [1.82, 2.24) is 20.2 Å². The zero-order valence-electron chi connectivity index (χ0n) is 13.4. The van der Waals surface area contributed by atoms with Gasteiger partial charge in [-0.1, -0.05) is 32.1 Å². The van der Waals surface area contributed by atoms with E-state index >= 15 is 0 Å². The van der Waals surface area contributed by atoms with Gasteiger partial charge in [-0.05, 0) is 12.1 Å². The molecule has 0 bridgehead atoms. The van der Waals surface area contributed by atoms with Gasteiger partial charge >= 0.3 is 0 Å². The highest BCUT2D eigenvalue weighted by Gasteiger charge is 2.16. The van der Waals surface area contributed by atoms with Crippen molar-refractivity contribution in [1.29, 1.82) is 0 Å². The minimum atomic E-state index is -0.558. The third-order valence-electron chi connectivity index (χ3n) is 3.60. The van der Waals surface area contributed by atoms with E-state index in [0.717, 1.165) is 11.3 Å². The molecular formula is C17H18N4O3. The van der Waals surface area contributed by atoms with E-state index in [4.69, 9.17) is 9.94 Å². The van der Waals surface area contributed by atoms with Crippen molar-refractivity contribution in [3.63, 3.8) is 0 Å². The van der Waals surface area contributed by atoms with Crippen LogP contribution in [0.1, 0.15) is 25.1 Å². The van der Waals surface area contributed by atoms with Gasteiger partial charge in [-0.3, -0.25) is 19.7 Å². The monoisotopic (exact) mass is 326 g/mol. The quantitative estimate of drug-likeness (QED) is 0.666. The molecule has 2 N–H and O–H groups in total. The molecular weight excluding hydrogens is 308 g/mol. The average molecular weight is 326 g/mol. The Morgan fingerprint density at radius 3 is 2.96 bits per heavy atom. The predicted molar refractivity (Wildman–Crippen MR) is 88.3 cm³/mol. The van der Waals surface area contributed by atoms with Crippen LogP contribution in [-0.2, 0) is 11.3 Å². The molecule has 0 saturated carbocycles. The Morgan fingerprint density at radius 1 is 1.38 bits per heavy atom. The zero-order chi connectivity index (χ0) is 17.2. The molecule has 0 spiro atoms. The van der Waals surface area contributed by atoms with Gasteiger partial charge in [0.1, 0.15) is 12.3 Å². The molecule has 0 aromatic carbocycles. The molecule has 2 aromatic heterocycles. The van der Waals surface area contributed by atoms with Crippen LogP contribution in [0.4, 0.5) is 0 Å². The largest absolute Gasteiger partial charge is 0.453 e. The average Bonchev–Trinajstić information content (AvgIpc) is 2.91. The van der Waals surface area contributed by atoms with Crippen LogP contribution in [0.3, 0.4) is 0 Å². The lowest BCUT2D eigenvalue weighted by Gasteiger charge is -2.12. The van der Waals surface area contributed by atoms with E-state index in [2.05, 4.69) is 36.1 Å². The Bertz CT molecular complexity index is 821. The number of hydroxylamine groups is 1. The molecule has 1 amide bonds. The summed E-state index contributed by atoms with van der Waals surface area (Å²) in [7, 11) is 0. The van der Waals surface area contributed by atoms with Crippen molar-refractivity contribution in [2.24, 2.45) is 5.41 Å². The van der Waals surface area contributed by atoms with E-state index in [1.807, 2.05) is 12.2 Å². The first-order valence-corrected chi connectivity index (χ1v) is 7.47. The first-order chi connectivity index (χ1) is 11.5. The van der Waals surface area contributed by atoms with Gasteiger partial charge in [0.25, 0.3) is 5.91 Å². The summed E-state index contributed by atoms with van der Waals surface area (Å²) in [6.45, 7) is 4.14. The molecule has 2 aromatic rings. The fourth-order valence-corrected chi connectivity index (χ4v) is 2.30. The standard InChI is InChI=1S/C17H18N4O3/c1-17(2)6-3-13-14(4-7-17)18-8-5-15(13)24-12-9-19-21(10-12)11-16(22)20-23/h3-10,23H,11H2,1-2H3,(H,20,22). The zero-order valence-corrected chi connectivity index (χ0v) is 13.4. The fraction of sp³-hybridized carbons (Fsp3) is 0.235. The molecule has 0 fully saturated rings. The van der Waals surface area contributed by atoms with Gasteiger partial charge in [-0.25, -0.2) is 5.48 Å². The summed E-state index contributed by atoms with van der Waals surface area (Å²) in [5, 5.41) is 12.6. The third kappa shape index (κ3) is 3.52. The van der Waals surface area contributed by atoms with Crippen LogP contribution >= 0.6 is 0 Å². The van der Waals surface area contributed by atoms with Gasteiger partial charge in [-0.2, -0.15) is 5.10 Å². The Kier molecular flexibility index (Phi) is 4.18. The number of nitrogens with zero attached hydrogens (tertiary/aromatic N) is 3. The molecule has 124 valence electrons. The van der Waals surface area contributed by atoms with E-state index in [1.165, 1.54) is 10.9 Å². The molecule has 0 unspecified atom stereocenters. The number of carbonyl (C=O) groups is 1. The van der Waals surface area contributed by atoms with Crippen LogP contribution in [0, 0.1) is 5.41 Å². The number of ether oxygens (including phenoxy) is 1. The number of allylic oxidation sites excluding steroid dienone is 2. The molecule has 7 heteroatoms. The van der Waals surface area contributed by atoms with Crippen molar-refractivity contribution in [3.05, 3.63) is 48.1 Å². The van der Waals surface area contributed by atoms with E-state index < -0.39 is 5.91 Å². The Balaban J connectivity index is 1.85. The minimum absolute atomic E-state index is 0.0550. The van der Waals surface area contributed by atoms with Crippen molar-refractivity contribution < 1.29 is 14.7 Å². The first-order valence-electron chi connectivity index (χ1n) is 7.47. The Morgan fingerprint density at radius 2 is 2.17 bits per heavy atom. The van der Waals surface area contributed by atoms with Gasteiger partial charge in [0.15, 0.2) is 5.75 Å². The SMILES string of the molecule is CC1(C)C=Cc2nccc(Oc3cnn(CC(=O)NO)c3)c2C=C1. The molecule has 0 radical (unpaired) electrons. The lowest BCUT2D eigenvalue weighted by molar-refractivity contribution is -0.130. The van der Waals surface area contributed by atoms with Crippen LogP contribution < -0.4 is 10.2 Å². The number of rotatable bonds is 4. The van der Waals surface area contributed by atoms with Crippen LogP contribution in [-0.4, -0.2) is 25.9 Å². The highest BCUT2D eigenvalue weighted by atomic mass is 16.5. The summed E-state index contributed by atoms with van der Waals surface area (Å²) in [5.74, 6) is 0.595. The predicted octanol–water partition coefficient (Wildman–Crippen LogP) is 2.64. The molecule has 7 nitrogen and oxygen atoms in total. The highest BCUT2D eigenvalue weighted by Crippen LogP contribution is 2.33. The lowest BCUT2D eigenvalue weighted by Crippen LogP contribution is -2.24. The number of amides is 1. The van der Waals surface area contributed by atoms with E-state index in [-0.39, 0.29) is 12.0 Å². The van der Waals surface area contributed by atoms with Gasteiger partial charge in [0.2, 0.25) is 0 Å². The number of aromatic nitrogens is 3. The minimum Gasteiger partial charge on any atom is -0.453 e. The van der Waals surface area contributed by atoms with Crippen LogP contribution in [0.25, 0.3) is 12.2 Å². The molecule has 1 aliphatic carbocycles. The van der Waals surface area contributed by atoms with Gasteiger partial charge in [0, 0.05) is 17.2 Å². The second-order valence-corrected chi connectivity index (χ2v) is 6.11. The van der Waals surface area contributed by atoms with E-state index in [9.17, 15) is 4.79 Å². The molecule has 1 aliphatic rings. The molecule has 24 heavy (non-hydrogen) atoms. The second-order valence-electron chi connectivity index (χ2n) is 6.11. The van der Waals surface area contributed by atoms with Crippen molar-refractivity contribution in [3.8, 4) is 11.5 Å². The third-order valence-corrected chi connectivity index (χ3v) is 3.60. The number of hydrogen-bond donors (Lipinski definition) is 2. The molecule has 0 atom stereocenters. The number of pyridine rings is 1. The van der Waals surface area contributed by atoms with Gasteiger partial charge < -0.3 is 4.74 Å².